The van der Waals surface area contributed by atoms with Crippen LogP contribution >= 0.6 is 0 Å². The SMILES string of the molecule is CCOc1cc(C(=O)Nc2cc(C(F)(F)F)ccn2)ccc1-c1nc(C2CCCN(C(=O)C(C)(C)C)C2)n2ccnc(N)c12. The highest BCUT2D eigenvalue weighted by Crippen LogP contribution is 2.39. The van der Waals surface area contributed by atoms with Gasteiger partial charge in [0.2, 0.25) is 5.91 Å². The highest BCUT2D eigenvalue weighted by molar-refractivity contribution is 6.04. The van der Waals surface area contributed by atoms with Crippen LogP contribution in [0.4, 0.5) is 24.8 Å². The quantitative estimate of drug-likeness (QED) is 0.283. The Morgan fingerprint density at radius 1 is 1.11 bits per heavy atom. The van der Waals surface area contributed by atoms with Crippen molar-refractivity contribution in [1.29, 1.82) is 0 Å². The minimum Gasteiger partial charge on any atom is -0.493 e. The predicted octanol–water partition coefficient (Wildman–Crippen LogP) is 5.80. The first-order valence-corrected chi connectivity index (χ1v) is 14.3. The Balaban J connectivity index is 1.51. The van der Waals surface area contributed by atoms with Gasteiger partial charge in [-0.15, -0.1) is 0 Å². The summed E-state index contributed by atoms with van der Waals surface area (Å²) in [6, 6.07) is 6.29. The number of imidazole rings is 1. The summed E-state index contributed by atoms with van der Waals surface area (Å²) in [5.74, 6) is 0.444. The number of rotatable bonds is 6. The third-order valence-electron chi connectivity index (χ3n) is 7.45. The number of carbonyl (C=O) groups is 2. The van der Waals surface area contributed by atoms with Gasteiger partial charge in [0.15, 0.2) is 0 Å². The number of anilines is 2. The molecule has 1 aliphatic rings. The van der Waals surface area contributed by atoms with Crippen molar-refractivity contribution in [3.8, 4) is 17.0 Å². The Morgan fingerprint density at radius 2 is 1.89 bits per heavy atom. The number of carbonyl (C=O) groups excluding carboxylic acids is 2. The normalized spacial score (nSPS) is 15.8. The van der Waals surface area contributed by atoms with Gasteiger partial charge >= 0.3 is 6.18 Å². The first kappa shape index (κ1) is 30.8. The Hall–Kier alpha value is -4.68. The average molecular weight is 610 g/mol. The maximum absolute atomic E-state index is 13.1. The number of benzene rings is 1. The van der Waals surface area contributed by atoms with E-state index in [0.717, 1.165) is 37.0 Å². The van der Waals surface area contributed by atoms with Gasteiger partial charge < -0.3 is 20.7 Å². The lowest BCUT2D eigenvalue weighted by atomic mass is 9.91. The summed E-state index contributed by atoms with van der Waals surface area (Å²) in [5.41, 5.74) is 6.71. The fourth-order valence-electron chi connectivity index (χ4n) is 5.41. The van der Waals surface area contributed by atoms with E-state index in [9.17, 15) is 22.8 Å². The van der Waals surface area contributed by atoms with Crippen molar-refractivity contribution >= 4 is 29.0 Å². The molecular formula is C31H34F3N7O3. The van der Waals surface area contributed by atoms with Gasteiger partial charge in [0.1, 0.15) is 34.4 Å². The highest BCUT2D eigenvalue weighted by atomic mass is 19.4. The molecule has 4 heterocycles. The van der Waals surface area contributed by atoms with E-state index in [1.165, 1.54) is 12.1 Å². The second-order valence-electron chi connectivity index (χ2n) is 11.7. The van der Waals surface area contributed by atoms with E-state index in [-0.39, 0.29) is 35.6 Å². The van der Waals surface area contributed by atoms with E-state index < -0.39 is 23.1 Å². The minimum absolute atomic E-state index is 0.0568. The fourth-order valence-corrected chi connectivity index (χ4v) is 5.41. The third kappa shape index (κ3) is 6.17. The van der Waals surface area contributed by atoms with Crippen molar-refractivity contribution in [2.24, 2.45) is 5.41 Å². The van der Waals surface area contributed by atoms with Crippen LogP contribution in [0.2, 0.25) is 0 Å². The molecule has 0 spiro atoms. The summed E-state index contributed by atoms with van der Waals surface area (Å²) in [7, 11) is 0. The van der Waals surface area contributed by atoms with Crippen molar-refractivity contribution in [3.63, 3.8) is 0 Å². The van der Waals surface area contributed by atoms with Crippen molar-refractivity contribution in [2.45, 2.75) is 52.6 Å². The molecule has 1 unspecified atom stereocenters. The van der Waals surface area contributed by atoms with Gasteiger partial charge in [-0.25, -0.2) is 15.0 Å². The molecule has 0 bridgehead atoms. The number of amides is 2. The van der Waals surface area contributed by atoms with Crippen LogP contribution in [0.15, 0.2) is 48.9 Å². The topological polar surface area (TPSA) is 128 Å². The van der Waals surface area contributed by atoms with Crippen LogP contribution in [0, 0.1) is 5.41 Å². The molecule has 2 amide bonds. The van der Waals surface area contributed by atoms with Gasteiger partial charge in [-0.2, -0.15) is 13.2 Å². The largest absolute Gasteiger partial charge is 0.493 e. The molecule has 0 radical (unpaired) electrons. The van der Waals surface area contributed by atoms with Gasteiger partial charge in [0.25, 0.3) is 5.91 Å². The predicted molar refractivity (Wildman–Crippen MR) is 159 cm³/mol. The molecule has 0 aliphatic carbocycles. The number of piperidine rings is 1. The van der Waals surface area contributed by atoms with Crippen molar-refractivity contribution in [2.75, 3.05) is 30.7 Å². The number of aromatic nitrogens is 4. The van der Waals surface area contributed by atoms with Gasteiger partial charge in [-0.1, -0.05) is 20.8 Å². The Kier molecular flexibility index (Phi) is 8.23. The Labute approximate surface area is 252 Å². The number of pyridine rings is 1. The molecular weight excluding hydrogens is 575 g/mol. The second kappa shape index (κ2) is 11.8. The summed E-state index contributed by atoms with van der Waals surface area (Å²) >= 11 is 0. The van der Waals surface area contributed by atoms with Gasteiger partial charge in [-0.05, 0) is 50.1 Å². The third-order valence-corrected chi connectivity index (χ3v) is 7.45. The van der Waals surface area contributed by atoms with Gasteiger partial charge in [0.05, 0.1) is 12.2 Å². The smallest absolute Gasteiger partial charge is 0.416 e. The minimum atomic E-state index is -4.58. The van der Waals surface area contributed by atoms with E-state index in [4.69, 9.17) is 15.5 Å². The Bertz CT molecular complexity index is 1710. The van der Waals surface area contributed by atoms with Crippen molar-refractivity contribution in [1.82, 2.24) is 24.3 Å². The number of alkyl halides is 3. The maximum atomic E-state index is 13.1. The number of nitrogen functional groups attached to an aromatic ring is 1. The van der Waals surface area contributed by atoms with E-state index in [0.29, 0.717) is 35.6 Å². The summed E-state index contributed by atoms with van der Waals surface area (Å²) in [4.78, 5) is 41.2. The number of nitrogens with two attached hydrogens (primary N) is 1. The monoisotopic (exact) mass is 609 g/mol. The average Bonchev–Trinajstić information content (AvgIpc) is 3.37. The first-order chi connectivity index (χ1) is 20.8. The number of likely N-dealkylation sites (tertiary alicyclic amines) is 1. The molecule has 1 aromatic carbocycles. The van der Waals surface area contributed by atoms with Crippen molar-refractivity contribution in [3.05, 3.63) is 65.9 Å². The first-order valence-electron chi connectivity index (χ1n) is 14.3. The summed E-state index contributed by atoms with van der Waals surface area (Å²) in [6.07, 6.45) is 1.44. The van der Waals surface area contributed by atoms with E-state index in [1.54, 1.807) is 25.4 Å². The molecule has 1 fully saturated rings. The van der Waals surface area contributed by atoms with Gasteiger partial charge in [0, 0.05) is 54.1 Å². The summed E-state index contributed by atoms with van der Waals surface area (Å²) in [5, 5.41) is 2.42. The van der Waals surface area contributed by atoms with Crippen LogP contribution in [-0.2, 0) is 11.0 Å². The van der Waals surface area contributed by atoms with Crippen LogP contribution < -0.4 is 15.8 Å². The summed E-state index contributed by atoms with van der Waals surface area (Å²) < 4.78 is 47.2. The lowest BCUT2D eigenvalue weighted by Gasteiger charge is -2.36. The number of hydrogen-bond donors (Lipinski definition) is 2. The van der Waals surface area contributed by atoms with E-state index in [1.807, 2.05) is 30.1 Å². The molecule has 1 atom stereocenters. The maximum Gasteiger partial charge on any atom is 0.416 e. The number of fused-ring (bicyclic) bond motifs is 1. The number of hydrogen-bond acceptors (Lipinski definition) is 7. The fraction of sp³-hybridized carbons (Fsp3) is 0.387. The van der Waals surface area contributed by atoms with Gasteiger partial charge in [-0.3, -0.25) is 14.0 Å². The molecule has 0 saturated carbocycles. The molecule has 13 heteroatoms. The second-order valence-corrected chi connectivity index (χ2v) is 11.7. The van der Waals surface area contributed by atoms with Crippen LogP contribution in [0.3, 0.4) is 0 Å². The Morgan fingerprint density at radius 3 is 2.59 bits per heavy atom. The van der Waals surface area contributed by atoms with Crippen LogP contribution in [0.1, 0.15) is 68.2 Å². The molecule has 3 aromatic heterocycles. The number of nitrogens with one attached hydrogen (secondary N) is 1. The van der Waals surface area contributed by atoms with E-state index in [2.05, 4.69) is 15.3 Å². The molecule has 232 valence electrons. The molecule has 5 rings (SSSR count). The molecule has 10 nitrogen and oxygen atoms in total. The zero-order chi connectivity index (χ0) is 31.8. The number of halogens is 3. The number of nitrogens with zero attached hydrogens (tertiary/aromatic N) is 5. The van der Waals surface area contributed by atoms with Crippen LogP contribution in [-0.4, -0.2) is 55.8 Å². The molecule has 4 aromatic rings. The standard InChI is InChI=1S/C31H34F3N7O3/c1-5-44-22-15-18(28(42)38-23-16-20(10-11-36-23)31(32,33)34)8-9-21(22)24-25-26(35)37-12-14-41(25)27(39-24)19-7-6-13-40(17-19)29(43)30(2,3)4/h8-12,14-16,19H,5-7,13,17H2,1-4H3,(H2,35,37)(H,36,38,42). The lowest BCUT2D eigenvalue weighted by Crippen LogP contribution is -2.44. The van der Waals surface area contributed by atoms with Crippen LogP contribution in [0.5, 0.6) is 5.75 Å². The molecule has 1 aliphatic heterocycles. The summed E-state index contributed by atoms with van der Waals surface area (Å²) in [6.45, 7) is 8.97. The number of ether oxygens (including phenoxy) is 1. The highest BCUT2D eigenvalue weighted by Gasteiger charge is 2.34. The molecule has 1 saturated heterocycles. The van der Waals surface area contributed by atoms with Crippen molar-refractivity contribution < 1.29 is 27.5 Å². The lowest BCUT2D eigenvalue weighted by molar-refractivity contribution is -0.140. The zero-order valence-corrected chi connectivity index (χ0v) is 24.9. The molecule has 3 N–H and O–H groups in total. The van der Waals surface area contributed by atoms with Crippen LogP contribution in [0.25, 0.3) is 16.8 Å². The molecule has 44 heavy (non-hydrogen) atoms. The zero-order valence-electron chi connectivity index (χ0n) is 24.9. The van der Waals surface area contributed by atoms with E-state index >= 15 is 0 Å².